The topological polar surface area (TPSA) is 73.7 Å². The van der Waals surface area contributed by atoms with Crippen LogP contribution in [0, 0.1) is 0 Å². The first-order valence-corrected chi connectivity index (χ1v) is 7.40. The Morgan fingerprint density at radius 3 is 2.45 bits per heavy atom. The van der Waals surface area contributed by atoms with Crippen LogP contribution in [0.1, 0.15) is 50.0 Å². The largest absolute Gasteiger partial charge is 0.465 e. The van der Waals surface area contributed by atoms with Crippen molar-refractivity contribution in [3.63, 3.8) is 0 Å². The third kappa shape index (κ3) is 3.99. The predicted molar refractivity (Wildman–Crippen MR) is 79.6 cm³/mol. The lowest BCUT2D eigenvalue weighted by Crippen LogP contribution is -2.42. The molecule has 0 atom stereocenters. The fourth-order valence-corrected chi connectivity index (χ4v) is 2.40. The normalized spacial score (nSPS) is 16.5. The van der Waals surface area contributed by atoms with Crippen molar-refractivity contribution in [3.05, 3.63) is 18.0 Å². The van der Waals surface area contributed by atoms with Gasteiger partial charge in [-0.25, -0.2) is 9.59 Å². The third-order valence-electron chi connectivity index (χ3n) is 3.51. The maximum Gasteiger partial charge on any atom is 0.410 e. The monoisotopic (exact) mass is 309 g/mol. The maximum atomic E-state index is 12.0. The van der Waals surface area contributed by atoms with Gasteiger partial charge in [0.25, 0.3) is 0 Å². The van der Waals surface area contributed by atoms with Crippen LogP contribution in [0.5, 0.6) is 0 Å². The third-order valence-corrected chi connectivity index (χ3v) is 3.51. The highest BCUT2D eigenvalue weighted by molar-refractivity contribution is 5.88. The standard InChI is InChI=1S/C15H23N3O4/c1-15(2,3)22-14(20)17-7-5-12(6-8-17)18-10-11(9-16-18)13(19)21-4/h9-10,12H,5-8H2,1-4H3. The van der Waals surface area contributed by atoms with Gasteiger partial charge in [0.15, 0.2) is 0 Å². The number of carbonyl (C=O) groups excluding carboxylic acids is 2. The smallest absolute Gasteiger partial charge is 0.410 e. The quantitative estimate of drug-likeness (QED) is 0.783. The minimum atomic E-state index is -0.481. The van der Waals surface area contributed by atoms with E-state index in [2.05, 4.69) is 9.84 Å². The van der Waals surface area contributed by atoms with Gasteiger partial charge in [-0.05, 0) is 33.6 Å². The number of methoxy groups -OCH3 is 1. The van der Waals surface area contributed by atoms with E-state index in [4.69, 9.17) is 4.74 Å². The zero-order valence-corrected chi connectivity index (χ0v) is 13.5. The summed E-state index contributed by atoms with van der Waals surface area (Å²) in [6.45, 7) is 6.81. The van der Waals surface area contributed by atoms with Crippen molar-refractivity contribution in [2.45, 2.75) is 45.3 Å². The Kier molecular flexibility index (Phi) is 4.73. The second-order valence-electron chi connectivity index (χ2n) is 6.40. The van der Waals surface area contributed by atoms with Gasteiger partial charge in [-0.1, -0.05) is 0 Å². The molecule has 22 heavy (non-hydrogen) atoms. The first kappa shape index (κ1) is 16.3. The first-order chi connectivity index (χ1) is 10.3. The lowest BCUT2D eigenvalue weighted by atomic mass is 10.1. The Morgan fingerprint density at radius 1 is 1.27 bits per heavy atom. The molecule has 0 spiro atoms. The van der Waals surface area contributed by atoms with Crippen molar-refractivity contribution in [2.24, 2.45) is 0 Å². The number of nitrogens with zero attached hydrogens (tertiary/aromatic N) is 3. The van der Waals surface area contributed by atoms with E-state index in [0.29, 0.717) is 18.7 Å². The van der Waals surface area contributed by atoms with Gasteiger partial charge in [0.2, 0.25) is 0 Å². The molecule has 0 saturated carbocycles. The van der Waals surface area contributed by atoms with Gasteiger partial charge < -0.3 is 14.4 Å². The second-order valence-corrected chi connectivity index (χ2v) is 6.40. The Balaban J connectivity index is 1.91. The van der Waals surface area contributed by atoms with Crippen LogP contribution in [0.4, 0.5) is 4.79 Å². The van der Waals surface area contributed by atoms with Crippen LogP contribution >= 0.6 is 0 Å². The van der Waals surface area contributed by atoms with Crippen LogP contribution in [0.2, 0.25) is 0 Å². The van der Waals surface area contributed by atoms with Gasteiger partial charge >= 0.3 is 12.1 Å². The molecule has 1 amide bonds. The molecule has 2 heterocycles. The van der Waals surface area contributed by atoms with Crippen molar-refractivity contribution in [3.8, 4) is 0 Å². The van der Waals surface area contributed by atoms with E-state index < -0.39 is 11.6 Å². The van der Waals surface area contributed by atoms with Gasteiger partial charge in [0, 0.05) is 19.3 Å². The summed E-state index contributed by atoms with van der Waals surface area (Å²) in [7, 11) is 1.35. The fraction of sp³-hybridized carbons (Fsp3) is 0.667. The predicted octanol–water partition coefficient (Wildman–Crippen LogP) is 2.24. The lowest BCUT2D eigenvalue weighted by Gasteiger charge is -2.33. The summed E-state index contributed by atoms with van der Waals surface area (Å²) >= 11 is 0. The lowest BCUT2D eigenvalue weighted by molar-refractivity contribution is 0.0184. The molecule has 2 rings (SSSR count). The number of rotatable bonds is 2. The minimum Gasteiger partial charge on any atom is -0.465 e. The number of amides is 1. The number of hydrogen-bond donors (Lipinski definition) is 0. The molecule has 1 saturated heterocycles. The Bertz CT molecular complexity index is 539. The van der Waals surface area contributed by atoms with Gasteiger partial charge in [-0.3, -0.25) is 4.68 Å². The summed E-state index contributed by atoms with van der Waals surface area (Å²) in [6, 6.07) is 0.178. The molecule has 1 fully saturated rings. The molecule has 1 aromatic heterocycles. The van der Waals surface area contributed by atoms with Crippen molar-refractivity contribution in [1.82, 2.24) is 14.7 Å². The summed E-state index contributed by atoms with van der Waals surface area (Å²) in [5, 5.41) is 4.22. The van der Waals surface area contributed by atoms with Crippen LogP contribution in [-0.4, -0.2) is 52.5 Å². The van der Waals surface area contributed by atoms with Crippen LogP contribution in [0.25, 0.3) is 0 Å². The molecule has 0 N–H and O–H groups in total. The number of hydrogen-bond acceptors (Lipinski definition) is 5. The number of likely N-dealkylation sites (tertiary alicyclic amines) is 1. The average molecular weight is 309 g/mol. The van der Waals surface area contributed by atoms with E-state index >= 15 is 0 Å². The van der Waals surface area contributed by atoms with E-state index in [1.54, 1.807) is 15.8 Å². The number of carbonyl (C=O) groups is 2. The molecular formula is C15H23N3O4. The molecule has 0 aromatic carbocycles. The molecule has 0 bridgehead atoms. The molecule has 1 aromatic rings. The van der Waals surface area contributed by atoms with Crippen molar-refractivity contribution < 1.29 is 19.1 Å². The highest BCUT2D eigenvalue weighted by atomic mass is 16.6. The summed E-state index contributed by atoms with van der Waals surface area (Å²) in [6.07, 6.45) is 4.48. The summed E-state index contributed by atoms with van der Waals surface area (Å²) in [4.78, 5) is 25.2. The van der Waals surface area contributed by atoms with Crippen molar-refractivity contribution in [2.75, 3.05) is 20.2 Å². The number of aromatic nitrogens is 2. The zero-order chi connectivity index (χ0) is 16.3. The van der Waals surface area contributed by atoms with Crippen molar-refractivity contribution >= 4 is 12.1 Å². The Morgan fingerprint density at radius 2 is 1.91 bits per heavy atom. The molecule has 7 heteroatoms. The zero-order valence-electron chi connectivity index (χ0n) is 13.5. The van der Waals surface area contributed by atoms with Gasteiger partial charge in [0.1, 0.15) is 5.60 Å². The Hall–Kier alpha value is -2.05. The second kappa shape index (κ2) is 6.37. The maximum absolute atomic E-state index is 12.0. The molecule has 0 radical (unpaired) electrons. The van der Waals surface area contributed by atoms with E-state index in [0.717, 1.165) is 12.8 Å². The minimum absolute atomic E-state index is 0.178. The van der Waals surface area contributed by atoms with Gasteiger partial charge in [0.05, 0.1) is 24.9 Å². The van der Waals surface area contributed by atoms with E-state index in [-0.39, 0.29) is 12.1 Å². The molecule has 7 nitrogen and oxygen atoms in total. The van der Waals surface area contributed by atoms with Crippen LogP contribution in [-0.2, 0) is 9.47 Å². The van der Waals surface area contributed by atoms with Crippen LogP contribution in [0.15, 0.2) is 12.4 Å². The van der Waals surface area contributed by atoms with E-state index in [9.17, 15) is 9.59 Å². The number of ether oxygens (including phenoxy) is 2. The first-order valence-electron chi connectivity index (χ1n) is 7.40. The van der Waals surface area contributed by atoms with Gasteiger partial charge in [-0.2, -0.15) is 5.10 Å². The number of esters is 1. The highest BCUT2D eigenvalue weighted by Gasteiger charge is 2.28. The molecule has 0 aliphatic carbocycles. The molecule has 1 aliphatic heterocycles. The molecular weight excluding hydrogens is 286 g/mol. The van der Waals surface area contributed by atoms with E-state index in [1.165, 1.54) is 13.3 Å². The van der Waals surface area contributed by atoms with Crippen LogP contribution in [0.3, 0.4) is 0 Å². The van der Waals surface area contributed by atoms with Crippen molar-refractivity contribution in [1.29, 1.82) is 0 Å². The molecule has 1 aliphatic rings. The van der Waals surface area contributed by atoms with Gasteiger partial charge in [-0.15, -0.1) is 0 Å². The highest BCUT2D eigenvalue weighted by Crippen LogP contribution is 2.23. The average Bonchev–Trinajstić information content (AvgIpc) is 2.94. The summed E-state index contributed by atoms with van der Waals surface area (Å²) < 4.78 is 11.8. The summed E-state index contributed by atoms with van der Waals surface area (Å²) in [5.74, 6) is -0.391. The number of piperidine rings is 1. The van der Waals surface area contributed by atoms with Crippen LogP contribution < -0.4 is 0 Å². The van der Waals surface area contributed by atoms with E-state index in [1.807, 2.05) is 20.8 Å². The Labute approximate surface area is 130 Å². The molecule has 0 unspecified atom stereocenters. The summed E-state index contributed by atoms with van der Waals surface area (Å²) in [5.41, 5.74) is -0.0391. The fourth-order valence-electron chi connectivity index (χ4n) is 2.40. The molecule has 122 valence electrons. The SMILES string of the molecule is COC(=O)c1cnn(C2CCN(C(=O)OC(C)(C)C)CC2)c1.